The number of anilines is 3. The highest BCUT2D eigenvalue weighted by Crippen LogP contribution is 2.32. The van der Waals surface area contributed by atoms with Gasteiger partial charge in [-0.25, -0.2) is 0 Å². The number of nitrogens with one attached hydrogen (secondary N) is 2. The van der Waals surface area contributed by atoms with E-state index >= 15 is 0 Å². The molecule has 2 N–H and O–H groups in total. The lowest BCUT2D eigenvalue weighted by atomic mass is 10.1. The number of amides is 2. The molecule has 0 spiro atoms. The minimum absolute atomic E-state index is 0.124. The van der Waals surface area contributed by atoms with E-state index in [9.17, 15) is 22.8 Å². The number of rotatable bonds is 6. The van der Waals surface area contributed by atoms with Crippen LogP contribution in [0.5, 0.6) is 0 Å². The molecule has 0 aliphatic carbocycles. The van der Waals surface area contributed by atoms with E-state index in [0.29, 0.717) is 24.3 Å². The van der Waals surface area contributed by atoms with Crippen LogP contribution >= 0.6 is 0 Å². The van der Waals surface area contributed by atoms with Gasteiger partial charge in [0.25, 0.3) is 5.91 Å². The van der Waals surface area contributed by atoms with Crippen LogP contribution in [-0.4, -0.2) is 23.3 Å². The number of benzene rings is 3. The van der Waals surface area contributed by atoms with Gasteiger partial charge in [0, 0.05) is 30.9 Å². The van der Waals surface area contributed by atoms with Gasteiger partial charge < -0.3 is 15.5 Å². The fourth-order valence-electron chi connectivity index (χ4n) is 3.76. The fourth-order valence-corrected chi connectivity index (χ4v) is 3.76. The Morgan fingerprint density at radius 2 is 1.70 bits per heavy atom. The molecule has 0 aromatic heterocycles. The first-order valence-electron chi connectivity index (χ1n) is 10.5. The molecule has 0 bridgehead atoms. The number of halogens is 3. The highest BCUT2D eigenvalue weighted by molar-refractivity contribution is 6.08. The van der Waals surface area contributed by atoms with E-state index in [1.807, 2.05) is 12.1 Å². The quantitative estimate of drug-likeness (QED) is 0.494. The molecule has 33 heavy (non-hydrogen) atoms. The van der Waals surface area contributed by atoms with E-state index in [2.05, 4.69) is 10.6 Å². The molecule has 1 aliphatic rings. The molecule has 0 atom stereocenters. The third kappa shape index (κ3) is 5.52. The summed E-state index contributed by atoms with van der Waals surface area (Å²) in [6.07, 6.45) is -3.05. The van der Waals surface area contributed by atoms with Crippen LogP contribution in [0.3, 0.4) is 0 Å². The van der Waals surface area contributed by atoms with Crippen LogP contribution in [0.15, 0.2) is 72.8 Å². The van der Waals surface area contributed by atoms with E-state index < -0.39 is 17.6 Å². The summed E-state index contributed by atoms with van der Waals surface area (Å²) in [6.45, 7) is 1.21. The summed E-state index contributed by atoms with van der Waals surface area (Å²) in [6, 6.07) is 18.7. The summed E-state index contributed by atoms with van der Waals surface area (Å²) < 4.78 is 39.1. The fraction of sp³-hybridized carbons (Fsp3) is 0.200. The average molecular weight is 453 g/mol. The highest BCUT2D eigenvalue weighted by atomic mass is 19.4. The van der Waals surface area contributed by atoms with Crippen molar-refractivity contribution in [1.82, 2.24) is 4.90 Å². The van der Waals surface area contributed by atoms with Crippen molar-refractivity contribution in [3.05, 3.63) is 89.5 Å². The summed E-state index contributed by atoms with van der Waals surface area (Å²) in [5.41, 5.74) is 1.59. The molecule has 4 rings (SSSR count). The normalized spacial score (nSPS) is 13.8. The number of nitrogens with zero attached hydrogens (tertiary/aromatic N) is 1. The van der Waals surface area contributed by atoms with Gasteiger partial charge in [-0.2, -0.15) is 13.2 Å². The van der Waals surface area contributed by atoms with Crippen molar-refractivity contribution < 1.29 is 22.8 Å². The first-order valence-corrected chi connectivity index (χ1v) is 10.5. The van der Waals surface area contributed by atoms with Crippen LogP contribution < -0.4 is 10.6 Å². The Bertz CT molecular complexity index is 1180. The van der Waals surface area contributed by atoms with Crippen LogP contribution in [0.2, 0.25) is 0 Å². The van der Waals surface area contributed by atoms with Crippen molar-refractivity contribution in [2.45, 2.75) is 25.6 Å². The lowest BCUT2D eigenvalue weighted by Gasteiger charge is -2.17. The zero-order valence-electron chi connectivity index (χ0n) is 17.7. The lowest BCUT2D eigenvalue weighted by molar-refractivity contribution is -0.137. The zero-order chi connectivity index (χ0) is 23.4. The molecular weight excluding hydrogens is 431 g/mol. The minimum atomic E-state index is -4.46. The van der Waals surface area contributed by atoms with Gasteiger partial charge in [-0.3, -0.25) is 9.59 Å². The van der Waals surface area contributed by atoms with Crippen LogP contribution in [0.4, 0.5) is 30.2 Å². The van der Waals surface area contributed by atoms with Crippen molar-refractivity contribution in [1.29, 1.82) is 0 Å². The highest BCUT2D eigenvalue weighted by Gasteiger charge is 2.30. The third-order valence-corrected chi connectivity index (χ3v) is 5.37. The molecule has 8 heteroatoms. The topological polar surface area (TPSA) is 61.4 Å². The van der Waals surface area contributed by atoms with Crippen molar-refractivity contribution in [3.8, 4) is 0 Å². The monoisotopic (exact) mass is 453 g/mol. The van der Waals surface area contributed by atoms with Crippen molar-refractivity contribution in [2.75, 3.05) is 17.2 Å². The summed E-state index contributed by atoms with van der Waals surface area (Å²) in [7, 11) is 0. The first kappa shape index (κ1) is 22.4. The van der Waals surface area contributed by atoms with Gasteiger partial charge in [0.05, 0.1) is 16.8 Å². The van der Waals surface area contributed by atoms with E-state index in [-0.39, 0.29) is 17.2 Å². The molecule has 0 saturated carbocycles. The number of alkyl halides is 3. The molecule has 0 unspecified atom stereocenters. The van der Waals surface area contributed by atoms with Crippen LogP contribution in [-0.2, 0) is 17.5 Å². The van der Waals surface area contributed by atoms with Gasteiger partial charge in [0.2, 0.25) is 5.91 Å². The Hall–Kier alpha value is -3.81. The van der Waals surface area contributed by atoms with Crippen molar-refractivity contribution in [2.24, 2.45) is 0 Å². The molecule has 1 saturated heterocycles. The maximum atomic E-state index is 13.0. The molecule has 1 aliphatic heterocycles. The van der Waals surface area contributed by atoms with Crippen molar-refractivity contribution in [3.63, 3.8) is 0 Å². The number of hydrogen-bond donors (Lipinski definition) is 2. The van der Waals surface area contributed by atoms with Crippen LogP contribution in [0.1, 0.15) is 34.3 Å². The molecule has 3 aromatic rings. The Morgan fingerprint density at radius 3 is 2.45 bits per heavy atom. The Kier molecular flexibility index (Phi) is 6.35. The standard InChI is InChI=1S/C25H22F3N3O2/c26-25(27,28)18-7-4-9-20(15-18)29-22-11-2-1-10-21(22)24(33)30-19-8-3-6-17(14-19)16-31-13-5-12-23(31)32/h1-4,6-11,14-15,29H,5,12-13,16H2,(H,30,33). The van der Waals surface area contributed by atoms with Crippen molar-refractivity contribution >= 4 is 28.9 Å². The number of carbonyl (C=O) groups is 2. The second-order valence-corrected chi connectivity index (χ2v) is 7.82. The summed E-state index contributed by atoms with van der Waals surface area (Å²) in [5.74, 6) is -0.279. The van der Waals surface area contributed by atoms with Crippen LogP contribution in [0, 0.1) is 0 Å². The lowest BCUT2D eigenvalue weighted by Crippen LogP contribution is -2.23. The van der Waals surface area contributed by atoms with E-state index in [1.165, 1.54) is 12.1 Å². The number of likely N-dealkylation sites (tertiary alicyclic amines) is 1. The number of para-hydroxylation sites is 1. The molecule has 0 radical (unpaired) electrons. The summed E-state index contributed by atoms with van der Waals surface area (Å²) in [5, 5.41) is 5.75. The third-order valence-electron chi connectivity index (χ3n) is 5.37. The van der Waals surface area contributed by atoms with E-state index in [4.69, 9.17) is 0 Å². The summed E-state index contributed by atoms with van der Waals surface area (Å²) >= 11 is 0. The van der Waals surface area contributed by atoms with Gasteiger partial charge in [0.15, 0.2) is 0 Å². The molecular formula is C25H22F3N3O2. The average Bonchev–Trinajstić information content (AvgIpc) is 3.18. The van der Waals surface area contributed by atoms with Gasteiger partial charge in [-0.1, -0.05) is 30.3 Å². The van der Waals surface area contributed by atoms with Gasteiger partial charge in [-0.05, 0) is 54.4 Å². The van der Waals surface area contributed by atoms with Gasteiger partial charge in [0.1, 0.15) is 0 Å². The second-order valence-electron chi connectivity index (χ2n) is 7.82. The zero-order valence-corrected chi connectivity index (χ0v) is 17.7. The predicted molar refractivity (Wildman–Crippen MR) is 120 cm³/mol. The maximum absolute atomic E-state index is 13.0. The molecule has 2 amide bonds. The molecule has 1 fully saturated rings. The van der Waals surface area contributed by atoms with E-state index in [1.54, 1.807) is 41.3 Å². The van der Waals surface area contributed by atoms with E-state index in [0.717, 1.165) is 30.7 Å². The Labute approximate surface area is 189 Å². The summed E-state index contributed by atoms with van der Waals surface area (Å²) in [4.78, 5) is 26.6. The number of carbonyl (C=O) groups excluding carboxylic acids is 2. The molecule has 1 heterocycles. The predicted octanol–water partition coefficient (Wildman–Crippen LogP) is 5.82. The Morgan fingerprint density at radius 1 is 0.939 bits per heavy atom. The smallest absolute Gasteiger partial charge is 0.355 e. The van der Waals surface area contributed by atoms with Crippen LogP contribution in [0.25, 0.3) is 0 Å². The Balaban J connectivity index is 1.50. The largest absolute Gasteiger partial charge is 0.416 e. The maximum Gasteiger partial charge on any atom is 0.416 e. The first-order chi connectivity index (χ1) is 15.8. The van der Waals surface area contributed by atoms with Gasteiger partial charge >= 0.3 is 6.18 Å². The molecule has 3 aromatic carbocycles. The number of hydrogen-bond acceptors (Lipinski definition) is 3. The van der Waals surface area contributed by atoms with Gasteiger partial charge in [-0.15, -0.1) is 0 Å². The second kappa shape index (κ2) is 9.36. The molecule has 5 nitrogen and oxygen atoms in total. The SMILES string of the molecule is O=C(Nc1cccc(CN2CCCC2=O)c1)c1ccccc1Nc1cccc(C(F)(F)F)c1. The minimum Gasteiger partial charge on any atom is -0.355 e. The molecule has 170 valence electrons.